The third kappa shape index (κ3) is 0.898. The number of hydrogen-bond donors (Lipinski definition) is 1. The molecule has 41 valence electrons. The van der Waals surface area contributed by atoms with E-state index in [2.05, 4.69) is 11.2 Å². The van der Waals surface area contributed by atoms with Gasteiger partial charge >= 0.3 is 0 Å². The zero-order valence-corrected chi connectivity index (χ0v) is 4.81. The Balaban J connectivity index is 3.13. The first-order valence-electron chi connectivity index (χ1n) is 2.08. The molecule has 3 heteroatoms. The van der Waals surface area contributed by atoms with E-state index in [0.29, 0.717) is 10.7 Å². The highest BCUT2D eigenvalue weighted by Crippen LogP contribution is 2.13. The number of anilines is 1. The lowest BCUT2D eigenvalue weighted by molar-refractivity contribution is 1.32. The summed E-state index contributed by atoms with van der Waals surface area (Å²) in [5.74, 6) is 0. The first-order valence-corrected chi connectivity index (χ1v) is 2.46. The molecule has 0 unspecified atom stereocenters. The number of nitrogen functional groups attached to an aromatic ring is 1. The summed E-state index contributed by atoms with van der Waals surface area (Å²) in [6, 6.07) is 1.62. The summed E-state index contributed by atoms with van der Waals surface area (Å²) in [5, 5.41) is 0.500. The Kier molecular flexibility index (Phi) is 1.35. The van der Waals surface area contributed by atoms with Crippen molar-refractivity contribution in [3.05, 3.63) is 23.5 Å². The zero-order valence-electron chi connectivity index (χ0n) is 4.06. The second-order valence-electron chi connectivity index (χ2n) is 1.32. The van der Waals surface area contributed by atoms with Crippen molar-refractivity contribution in [2.24, 2.45) is 0 Å². The number of aromatic nitrogens is 1. The monoisotopic (exact) mass is 127 g/mol. The van der Waals surface area contributed by atoms with E-state index in [1.165, 1.54) is 0 Å². The van der Waals surface area contributed by atoms with Crippen LogP contribution in [0.2, 0.25) is 5.02 Å². The first kappa shape index (κ1) is 5.38. The maximum atomic E-state index is 5.51. The molecule has 0 fully saturated rings. The van der Waals surface area contributed by atoms with Crippen LogP contribution in [0.15, 0.2) is 12.3 Å². The molecule has 2 N–H and O–H groups in total. The van der Waals surface area contributed by atoms with Gasteiger partial charge in [0.1, 0.15) is 6.20 Å². The van der Waals surface area contributed by atoms with Crippen molar-refractivity contribution < 1.29 is 0 Å². The maximum Gasteiger partial charge on any atom is 0.115 e. The minimum atomic E-state index is 0.397. The predicted molar refractivity (Wildman–Crippen MR) is 32.5 cm³/mol. The molecular weight excluding hydrogens is 124 g/mol. The molecule has 8 heavy (non-hydrogen) atoms. The summed E-state index contributed by atoms with van der Waals surface area (Å²) in [7, 11) is 0. The van der Waals surface area contributed by atoms with Gasteiger partial charge in [0, 0.05) is 6.20 Å². The summed E-state index contributed by atoms with van der Waals surface area (Å²) in [6.45, 7) is 0. The van der Waals surface area contributed by atoms with E-state index in [1.807, 2.05) is 0 Å². The molecule has 0 amide bonds. The lowest BCUT2D eigenvalue weighted by Crippen LogP contribution is -1.85. The molecule has 0 aliphatic rings. The van der Waals surface area contributed by atoms with E-state index in [-0.39, 0.29) is 0 Å². The van der Waals surface area contributed by atoms with Gasteiger partial charge in [-0.25, -0.2) is 0 Å². The van der Waals surface area contributed by atoms with Crippen LogP contribution in [0.25, 0.3) is 0 Å². The van der Waals surface area contributed by atoms with Gasteiger partial charge in [-0.15, -0.1) is 0 Å². The molecule has 0 saturated heterocycles. The summed E-state index contributed by atoms with van der Waals surface area (Å²) in [5.41, 5.74) is 5.67. The van der Waals surface area contributed by atoms with E-state index in [0.717, 1.165) is 0 Å². The van der Waals surface area contributed by atoms with Crippen molar-refractivity contribution in [3.8, 4) is 0 Å². The summed E-state index contributed by atoms with van der Waals surface area (Å²) >= 11 is 5.51. The van der Waals surface area contributed by atoms with Crippen LogP contribution < -0.4 is 5.73 Å². The fourth-order valence-electron chi connectivity index (χ4n) is 0.353. The molecule has 0 spiro atoms. The molecule has 1 rings (SSSR count). The highest BCUT2D eigenvalue weighted by atomic mass is 35.5. The first-order chi connectivity index (χ1) is 3.80. The number of nitrogens with two attached hydrogens (primary N) is 1. The van der Waals surface area contributed by atoms with E-state index >= 15 is 0 Å². The number of nitrogens with zero attached hydrogens (tertiary/aromatic N) is 1. The van der Waals surface area contributed by atoms with Crippen LogP contribution in [0.5, 0.6) is 0 Å². The Morgan fingerprint density at radius 3 is 2.88 bits per heavy atom. The van der Waals surface area contributed by atoms with E-state index in [4.69, 9.17) is 17.3 Å². The van der Waals surface area contributed by atoms with E-state index in [9.17, 15) is 0 Å². The second kappa shape index (κ2) is 2.01. The third-order valence-corrected chi connectivity index (χ3v) is 1.07. The van der Waals surface area contributed by atoms with Gasteiger partial charge in [-0.2, -0.15) is 0 Å². The number of halogens is 1. The number of hydrogen-bond acceptors (Lipinski definition) is 2. The molecule has 1 radical (unpaired) electrons. The Morgan fingerprint density at radius 2 is 2.50 bits per heavy atom. The molecule has 0 atom stereocenters. The zero-order chi connectivity index (χ0) is 5.98. The topological polar surface area (TPSA) is 38.9 Å². The van der Waals surface area contributed by atoms with Crippen molar-refractivity contribution in [1.82, 2.24) is 4.98 Å². The molecule has 0 aromatic carbocycles. The number of rotatable bonds is 0. The highest BCUT2D eigenvalue weighted by molar-refractivity contribution is 6.32. The fourth-order valence-corrected chi connectivity index (χ4v) is 0.451. The SMILES string of the molecule is Nc1[c]nccc1Cl. The van der Waals surface area contributed by atoms with Crippen LogP contribution in [0.3, 0.4) is 0 Å². The van der Waals surface area contributed by atoms with Gasteiger partial charge in [0.05, 0.1) is 10.7 Å². The normalized spacial score (nSPS) is 9.12. The van der Waals surface area contributed by atoms with Crippen molar-refractivity contribution >= 4 is 17.3 Å². The van der Waals surface area contributed by atoms with E-state index in [1.54, 1.807) is 12.3 Å². The average molecular weight is 128 g/mol. The van der Waals surface area contributed by atoms with Gasteiger partial charge < -0.3 is 5.73 Å². The standard InChI is InChI=1S/C5H4ClN2/c6-4-1-2-8-3-5(4)7/h1-2H,7H2. The second-order valence-corrected chi connectivity index (χ2v) is 1.73. The van der Waals surface area contributed by atoms with Crippen molar-refractivity contribution in [2.45, 2.75) is 0 Å². The quantitative estimate of drug-likeness (QED) is 0.567. The summed E-state index contributed by atoms with van der Waals surface area (Å²) < 4.78 is 0. The molecule has 1 aromatic rings. The van der Waals surface area contributed by atoms with Gasteiger partial charge in [-0.3, -0.25) is 4.98 Å². The lowest BCUT2D eigenvalue weighted by Gasteiger charge is -1.89. The van der Waals surface area contributed by atoms with Gasteiger partial charge in [0.25, 0.3) is 0 Å². The Hall–Kier alpha value is -0.760. The Labute approximate surface area is 52.3 Å². The molecule has 0 aliphatic heterocycles. The minimum Gasteiger partial charge on any atom is -0.396 e. The van der Waals surface area contributed by atoms with Crippen molar-refractivity contribution in [3.63, 3.8) is 0 Å². The van der Waals surface area contributed by atoms with Crippen LogP contribution in [0.4, 0.5) is 5.69 Å². The molecule has 0 bridgehead atoms. The average Bonchev–Trinajstić information content (AvgIpc) is 1.77. The van der Waals surface area contributed by atoms with Crippen LogP contribution in [0.1, 0.15) is 0 Å². The highest BCUT2D eigenvalue weighted by Gasteiger charge is 1.89. The van der Waals surface area contributed by atoms with Gasteiger partial charge in [0.2, 0.25) is 0 Å². The van der Waals surface area contributed by atoms with Gasteiger partial charge in [-0.1, -0.05) is 11.6 Å². The maximum absolute atomic E-state index is 5.51. The lowest BCUT2D eigenvalue weighted by atomic mass is 10.4. The number of pyridine rings is 1. The third-order valence-electron chi connectivity index (χ3n) is 0.738. The van der Waals surface area contributed by atoms with Crippen molar-refractivity contribution in [2.75, 3.05) is 5.73 Å². The molecular formula is C5H4ClN2. The minimum absolute atomic E-state index is 0.397. The fraction of sp³-hybridized carbons (Fsp3) is 0. The van der Waals surface area contributed by atoms with Crippen LogP contribution in [-0.4, -0.2) is 4.98 Å². The van der Waals surface area contributed by atoms with Gasteiger partial charge in [0.15, 0.2) is 0 Å². The van der Waals surface area contributed by atoms with Crippen molar-refractivity contribution in [1.29, 1.82) is 0 Å². The molecule has 2 nitrogen and oxygen atoms in total. The van der Waals surface area contributed by atoms with Crippen LogP contribution in [0, 0.1) is 6.20 Å². The largest absolute Gasteiger partial charge is 0.396 e. The summed E-state index contributed by atoms with van der Waals surface area (Å²) in [4.78, 5) is 3.61. The molecule has 0 aliphatic carbocycles. The smallest absolute Gasteiger partial charge is 0.115 e. The van der Waals surface area contributed by atoms with Gasteiger partial charge in [-0.05, 0) is 6.07 Å². The summed E-state index contributed by atoms with van der Waals surface area (Å²) in [6.07, 6.45) is 4.04. The molecule has 1 aromatic heterocycles. The van der Waals surface area contributed by atoms with Crippen LogP contribution in [-0.2, 0) is 0 Å². The predicted octanol–water partition coefficient (Wildman–Crippen LogP) is 1.12. The Morgan fingerprint density at radius 1 is 1.75 bits per heavy atom. The molecule has 1 heterocycles. The molecule has 0 saturated carbocycles. The Bertz CT molecular complexity index is 167. The van der Waals surface area contributed by atoms with Crippen LogP contribution >= 0.6 is 11.6 Å². The van der Waals surface area contributed by atoms with E-state index < -0.39 is 0 Å².